The summed E-state index contributed by atoms with van der Waals surface area (Å²) in [6.07, 6.45) is 2.30. The molecule has 1 amide bonds. The first-order chi connectivity index (χ1) is 11.5. The third kappa shape index (κ3) is 4.56. The molecule has 0 unspecified atom stereocenters. The predicted octanol–water partition coefficient (Wildman–Crippen LogP) is 2.91. The van der Waals surface area contributed by atoms with E-state index in [9.17, 15) is 4.79 Å². The summed E-state index contributed by atoms with van der Waals surface area (Å²) in [5, 5.41) is 8.78. The number of rotatable bonds is 6. The van der Waals surface area contributed by atoms with Gasteiger partial charge in [0.05, 0.1) is 12.7 Å². The van der Waals surface area contributed by atoms with E-state index in [1.54, 1.807) is 31.2 Å². The summed E-state index contributed by atoms with van der Waals surface area (Å²) in [5.41, 5.74) is 2.01. The Morgan fingerprint density at radius 1 is 1.29 bits per heavy atom. The second kappa shape index (κ2) is 8.11. The Hall–Kier alpha value is -2.87. The van der Waals surface area contributed by atoms with Gasteiger partial charge in [0.25, 0.3) is 5.91 Å². The van der Waals surface area contributed by atoms with Gasteiger partial charge in [-0.1, -0.05) is 19.1 Å². The predicted molar refractivity (Wildman–Crippen MR) is 91.8 cm³/mol. The molecule has 1 atom stereocenters. The Balaban J connectivity index is 1.93. The summed E-state index contributed by atoms with van der Waals surface area (Å²) < 4.78 is 5.16. The number of methoxy groups -OCH3 is 1. The minimum absolute atomic E-state index is 0.138. The number of pyridine rings is 1. The van der Waals surface area contributed by atoms with Crippen LogP contribution in [0.4, 0.5) is 0 Å². The van der Waals surface area contributed by atoms with E-state index >= 15 is 0 Å². The van der Waals surface area contributed by atoms with Crippen LogP contribution in [0, 0.1) is 17.2 Å². The lowest BCUT2D eigenvalue weighted by Gasteiger charge is -2.21. The van der Waals surface area contributed by atoms with Crippen molar-refractivity contribution in [3.63, 3.8) is 0 Å². The van der Waals surface area contributed by atoms with Gasteiger partial charge >= 0.3 is 0 Å². The first kappa shape index (κ1) is 17.5. The van der Waals surface area contributed by atoms with Crippen LogP contribution in [0.3, 0.4) is 0 Å². The highest BCUT2D eigenvalue weighted by atomic mass is 16.5. The van der Waals surface area contributed by atoms with Gasteiger partial charge in [-0.05, 0) is 42.2 Å². The monoisotopic (exact) mass is 323 g/mol. The molecule has 5 heteroatoms. The largest absolute Gasteiger partial charge is 0.497 e. The van der Waals surface area contributed by atoms with Gasteiger partial charge in [0.2, 0.25) is 0 Å². The van der Waals surface area contributed by atoms with Gasteiger partial charge in [-0.25, -0.2) is 4.98 Å². The average molecular weight is 323 g/mol. The number of hydrogen-bond acceptors (Lipinski definition) is 4. The van der Waals surface area contributed by atoms with Crippen LogP contribution in [0.5, 0.6) is 5.75 Å². The van der Waals surface area contributed by atoms with Crippen molar-refractivity contribution in [3.05, 3.63) is 59.4 Å². The number of carbonyl (C=O) groups is 1. The fourth-order valence-corrected chi connectivity index (χ4v) is 2.56. The zero-order chi connectivity index (χ0) is 17.5. The SMILES string of the molecule is COc1ccc(C[C@H](C)CN(C)C(=O)c2ccc(C#N)cn2)cc1. The van der Waals surface area contributed by atoms with Crippen LogP contribution in [-0.2, 0) is 6.42 Å². The number of ether oxygens (including phenoxy) is 1. The van der Waals surface area contributed by atoms with Crippen molar-refractivity contribution < 1.29 is 9.53 Å². The zero-order valence-corrected chi connectivity index (χ0v) is 14.2. The van der Waals surface area contributed by atoms with Crippen LogP contribution < -0.4 is 4.74 Å². The molecule has 1 aromatic heterocycles. The summed E-state index contributed by atoms with van der Waals surface area (Å²) in [7, 11) is 3.42. The highest BCUT2D eigenvalue weighted by Gasteiger charge is 2.16. The fraction of sp³-hybridized carbons (Fsp3) is 0.316. The van der Waals surface area contributed by atoms with E-state index in [-0.39, 0.29) is 5.91 Å². The maximum absolute atomic E-state index is 12.4. The molecule has 2 rings (SSSR count). The normalized spacial score (nSPS) is 11.4. The summed E-state index contributed by atoms with van der Waals surface area (Å²) in [4.78, 5) is 18.1. The lowest BCUT2D eigenvalue weighted by molar-refractivity contribution is 0.0770. The molecule has 0 bridgehead atoms. The minimum Gasteiger partial charge on any atom is -0.497 e. The molecule has 0 radical (unpaired) electrons. The van der Waals surface area contributed by atoms with E-state index < -0.39 is 0 Å². The molecule has 24 heavy (non-hydrogen) atoms. The number of hydrogen-bond donors (Lipinski definition) is 0. The number of aromatic nitrogens is 1. The molecule has 124 valence electrons. The Morgan fingerprint density at radius 3 is 2.54 bits per heavy atom. The molecule has 0 spiro atoms. The molecule has 0 aliphatic rings. The average Bonchev–Trinajstić information content (AvgIpc) is 2.61. The Labute approximate surface area is 142 Å². The highest BCUT2D eigenvalue weighted by molar-refractivity contribution is 5.92. The first-order valence-corrected chi connectivity index (χ1v) is 7.78. The molecular formula is C19H21N3O2. The molecule has 0 N–H and O–H groups in total. The minimum atomic E-state index is -0.138. The first-order valence-electron chi connectivity index (χ1n) is 7.78. The number of amides is 1. The number of nitriles is 1. The van der Waals surface area contributed by atoms with Gasteiger partial charge in [0, 0.05) is 19.8 Å². The van der Waals surface area contributed by atoms with Crippen molar-refractivity contribution in [1.29, 1.82) is 5.26 Å². The summed E-state index contributed by atoms with van der Waals surface area (Å²) in [5.74, 6) is 1.01. The standard InChI is InChI=1S/C19H21N3O2/c1-14(10-15-4-7-17(24-3)8-5-15)13-22(2)19(23)18-9-6-16(11-20)12-21-18/h4-9,12,14H,10,13H2,1-3H3/t14-/m0/s1. The topological polar surface area (TPSA) is 66.2 Å². The van der Waals surface area contributed by atoms with Gasteiger partial charge in [-0.15, -0.1) is 0 Å². The van der Waals surface area contributed by atoms with Crippen LogP contribution in [0.25, 0.3) is 0 Å². The van der Waals surface area contributed by atoms with E-state index in [2.05, 4.69) is 11.9 Å². The maximum atomic E-state index is 12.4. The summed E-state index contributed by atoms with van der Waals surface area (Å²) in [6.45, 7) is 2.74. The Bertz CT molecular complexity index is 718. The fourth-order valence-electron chi connectivity index (χ4n) is 2.56. The molecule has 1 aromatic carbocycles. The highest BCUT2D eigenvalue weighted by Crippen LogP contribution is 2.15. The van der Waals surface area contributed by atoms with E-state index in [0.717, 1.165) is 12.2 Å². The van der Waals surface area contributed by atoms with Crippen molar-refractivity contribution in [2.75, 3.05) is 20.7 Å². The Kier molecular flexibility index (Phi) is 5.91. The smallest absolute Gasteiger partial charge is 0.272 e. The second-order valence-corrected chi connectivity index (χ2v) is 5.89. The second-order valence-electron chi connectivity index (χ2n) is 5.89. The van der Waals surface area contributed by atoms with Gasteiger partial charge < -0.3 is 9.64 Å². The molecule has 0 fully saturated rings. The van der Waals surface area contributed by atoms with Crippen molar-refractivity contribution in [1.82, 2.24) is 9.88 Å². The van der Waals surface area contributed by atoms with Crippen molar-refractivity contribution in [2.24, 2.45) is 5.92 Å². The summed E-state index contributed by atoms with van der Waals surface area (Å²) in [6, 6.07) is 13.2. The number of nitrogens with zero attached hydrogens (tertiary/aromatic N) is 3. The van der Waals surface area contributed by atoms with Crippen molar-refractivity contribution >= 4 is 5.91 Å². The molecule has 0 aliphatic heterocycles. The van der Waals surface area contributed by atoms with E-state index in [4.69, 9.17) is 10.00 Å². The lowest BCUT2D eigenvalue weighted by Crippen LogP contribution is -2.32. The van der Waals surface area contributed by atoms with Crippen LogP contribution >= 0.6 is 0 Å². The molecule has 1 heterocycles. The van der Waals surface area contributed by atoms with Crippen molar-refractivity contribution in [3.8, 4) is 11.8 Å². The molecule has 0 saturated heterocycles. The number of carbonyl (C=O) groups excluding carboxylic acids is 1. The van der Waals surface area contributed by atoms with Crippen LogP contribution in [0.1, 0.15) is 28.5 Å². The molecule has 5 nitrogen and oxygen atoms in total. The quantitative estimate of drug-likeness (QED) is 0.820. The third-order valence-corrected chi connectivity index (χ3v) is 3.79. The molecule has 2 aromatic rings. The molecule has 0 saturated carbocycles. The van der Waals surface area contributed by atoms with E-state index in [1.807, 2.05) is 30.3 Å². The maximum Gasteiger partial charge on any atom is 0.272 e. The van der Waals surface area contributed by atoms with Gasteiger partial charge in [-0.3, -0.25) is 4.79 Å². The van der Waals surface area contributed by atoms with Gasteiger partial charge in [0.15, 0.2) is 0 Å². The van der Waals surface area contributed by atoms with Crippen LogP contribution in [0.15, 0.2) is 42.6 Å². The van der Waals surface area contributed by atoms with Crippen LogP contribution in [-0.4, -0.2) is 36.5 Å². The Morgan fingerprint density at radius 2 is 2.00 bits per heavy atom. The summed E-state index contributed by atoms with van der Waals surface area (Å²) >= 11 is 0. The zero-order valence-electron chi connectivity index (χ0n) is 14.2. The van der Waals surface area contributed by atoms with E-state index in [1.165, 1.54) is 11.8 Å². The van der Waals surface area contributed by atoms with Gasteiger partial charge in [0.1, 0.15) is 17.5 Å². The lowest BCUT2D eigenvalue weighted by atomic mass is 10.0. The van der Waals surface area contributed by atoms with Crippen molar-refractivity contribution in [2.45, 2.75) is 13.3 Å². The van der Waals surface area contributed by atoms with Crippen LogP contribution in [0.2, 0.25) is 0 Å². The molecule has 0 aliphatic carbocycles. The molecular weight excluding hydrogens is 302 g/mol. The third-order valence-electron chi connectivity index (χ3n) is 3.79. The van der Waals surface area contributed by atoms with Gasteiger partial charge in [-0.2, -0.15) is 5.26 Å². The number of benzene rings is 1. The van der Waals surface area contributed by atoms with E-state index in [0.29, 0.717) is 23.7 Å².